The van der Waals surface area contributed by atoms with Crippen molar-refractivity contribution in [3.63, 3.8) is 0 Å². The molecule has 0 atom stereocenters. The van der Waals surface area contributed by atoms with Crippen LogP contribution in [-0.2, 0) is 16.3 Å². The number of carbonyl (C=O) groups is 1. The molecule has 19 heavy (non-hydrogen) atoms. The zero-order valence-electron chi connectivity index (χ0n) is 10.9. The van der Waals surface area contributed by atoms with Crippen LogP contribution in [-0.4, -0.2) is 25.4 Å². The minimum absolute atomic E-state index is 0.103. The summed E-state index contributed by atoms with van der Waals surface area (Å²) in [7, 11) is -3.44. The van der Waals surface area contributed by atoms with Gasteiger partial charge in [0, 0.05) is 12.7 Å². The van der Waals surface area contributed by atoms with Crippen LogP contribution in [0.25, 0.3) is 0 Å². The average molecular weight is 317 g/mol. The molecule has 104 valence electrons. The van der Waals surface area contributed by atoms with Crippen molar-refractivity contribution in [3.8, 4) is 0 Å². The van der Waals surface area contributed by atoms with E-state index in [4.69, 9.17) is 18.0 Å². The molecule has 1 aromatic heterocycles. The summed E-state index contributed by atoms with van der Waals surface area (Å²) >= 11 is 6.00. The highest BCUT2D eigenvalue weighted by Gasteiger charge is 2.38. The summed E-state index contributed by atoms with van der Waals surface area (Å²) in [5.74, 6) is -0.134. The van der Waals surface area contributed by atoms with E-state index in [0.29, 0.717) is 28.8 Å². The maximum absolute atomic E-state index is 12.3. The maximum Gasteiger partial charge on any atom is 0.185 e. The van der Waals surface area contributed by atoms with Crippen LogP contribution >= 0.6 is 23.6 Å². The number of ketones is 1. The first-order valence-corrected chi connectivity index (χ1v) is 8.83. The van der Waals surface area contributed by atoms with Crippen molar-refractivity contribution >= 4 is 44.2 Å². The minimum Gasteiger partial charge on any atom is -0.389 e. The molecule has 2 rings (SSSR count). The molecule has 1 aliphatic rings. The molecule has 0 saturated carbocycles. The first kappa shape index (κ1) is 14.6. The summed E-state index contributed by atoms with van der Waals surface area (Å²) in [5, 5.41) is 0. The summed E-state index contributed by atoms with van der Waals surface area (Å²) < 4.78 is 23.7. The van der Waals surface area contributed by atoms with E-state index < -0.39 is 9.84 Å². The summed E-state index contributed by atoms with van der Waals surface area (Å²) in [6.07, 6.45) is 2.07. The zero-order valence-corrected chi connectivity index (χ0v) is 13.4. The highest BCUT2D eigenvalue weighted by Crippen LogP contribution is 2.43. The Morgan fingerprint density at radius 1 is 1.37 bits per heavy atom. The van der Waals surface area contributed by atoms with Crippen LogP contribution in [0.2, 0.25) is 0 Å². The van der Waals surface area contributed by atoms with E-state index >= 15 is 0 Å². The number of rotatable bonds is 2. The predicted octanol–water partition coefficient (Wildman–Crippen LogP) is 1.94. The molecule has 0 fully saturated rings. The van der Waals surface area contributed by atoms with Gasteiger partial charge >= 0.3 is 0 Å². The van der Waals surface area contributed by atoms with E-state index in [0.717, 1.165) is 17.6 Å². The maximum atomic E-state index is 12.3. The molecule has 0 aliphatic heterocycles. The Hall–Kier alpha value is -0.790. The lowest BCUT2D eigenvalue weighted by Gasteiger charge is -2.29. The van der Waals surface area contributed by atoms with Crippen LogP contribution in [0, 0.1) is 5.41 Å². The number of thiophene rings is 1. The molecule has 4 nitrogen and oxygen atoms in total. The molecule has 0 saturated heterocycles. The fourth-order valence-corrected chi connectivity index (χ4v) is 5.05. The van der Waals surface area contributed by atoms with Gasteiger partial charge in [-0.3, -0.25) is 4.79 Å². The largest absolute Gasteiger partial charge is 0.389 e. The summed E-state index contributed by atoms with van der Waals surface area (Å²) in [5.41, 5.74) is 6.49. The Morgan fingerprint density at radius 3 is 2.42 bits per heavy atom. The van der Waals surface area contributed by atoms with Gasteiger partial charge in [0.25, 0.3) is 0 Å². The number of fused-ring (bicyclic) bond motifs is 1. The van der Waals surface area contributed by atoms with Crippen LogP contribution in [0.1, 0.15) is 41.1 Å². The Kier molecular flexibility index (Phi) is 3.35. The van der Waals surface area contributed by atoms with E-state index in [1.807, 2.05) is 13.8 Å². The predicted molar refractivity (Wildman–Crippen MR) is 79.7 cm³/mol. The molecular formula is C12H15NO3S3. The van der Waals surface area contributed by atoms with Crippen molar-refractivity contribution in [2.75, 3.05) is 6.26 Å². The summed E-state index contributed by atoms with van der Waals surface area (Å²) in [4.78, 5) is 13.0. The van der Waals surface area contributed by atoms with Crippen molar-refractivity contribution in [2.45, 2.75) is 30.9 Å². The number of thiocarbonyl (C=S) groups is 1. The Labute approximate surface area is 121 Å². The van der Waals surface area contributed by atoms with Gasteiger partial charge in [-0.05, 0) is 17.4 Å². The second-order valence-electron chi connectivity index (χ2n) is 5.65. The van der Waals surface area contributed by atoms with Crippen molar-refractivity contribution in [1.29, 1.82) is 0 Å². The molecule has 1 heterocycles. The highest BCUT2D eigenvalue weighted by atomic mass is 32.2. The summed E-state index contributed by atoms with van der Waals surface area (Å²) in [6, 6.07) is 0. The summed E-state index contributed by atoms with van der Waals surface area (Å²) in [6.45, 7) is 3.96. The number of sulfone groups is 1. The first-order chi connectivity index (χ1) is 8.53. The van der Waals surface area contributed by atoms with Gasteiger partial charge in [0.2, 0.25) is 0 Å². The van der Waals surface area contributed by atoms with Gasteiger partial charge in [-0.1, -0.05) is 26.1 Å². The van der Waals surface area contributed by atoms with Crippen LogP contribution in [0.4, 0.5) is 0 Å². The molecule has 0 unspecified atom stereocenters. The number of nitrogens with two attached hydrogens (primary N) is 1. The Balaban J connectivity index is 2.79. The first-order valence-electron chi connectivity index (χ1n) is 5.72. The molecule has 0 radical (unpaired) electrons. The van der Waals surface area contributed by atoms with Gasteiger partial charge in [-0.15, -0.1) is 11.3 Å². The van der Waals surface area contributed by atoms with Crippen LogP contribution < -0.4 is 5.73 Å². The number of hydrogen-bond donors (Lipinski definition) is 1. The lowest BCUT2D eigenvalue weighted by molar-refractivity contribution is 0.0910. The van der Waals surface area contributed by atoms with E-state index in [2.05, 4.69) is 0 Å². The molecule has 0 amide bonds. The second kappa shape index (κ2) is 4.36. The van der Waals surface area contributed by atoms with E-state index in [-0.39, 0.29) is 20.4 Å². The smallest absolute Gasteiger partial charge is 0.185 e. The molecular weight excluding hydrogens is 302 g/mol. The fourth-order valence-electron chi connectivity index (χ4n) is 2.42. The quantitative estimate of drug-likeness (QED) is 0.844. The van der Waals surface area contributed by atoms with Crippen LogP contribution in [0.5, 0.6) is 0 Å². The molecule has 2 N–H and O–H groups in total. The van der Waals surface area contributed by atoms with E-state index in [1.54, 1.807) is 0 Å². The number of Topliss-reactive ketones (excluding diaryl/α,β-unsaturated/α-hetero) is 1. The van der Waals surface area contributed by atoms with Gasteiger partial charge in [0.1, 0.15) is 9.20 Å². The molecule has 1 aliphatic carbocycles. The van der Waals surface area contributed by atoms with E-state index in [1.165, 1.54) is 0 Å². The fraction of sp³-hybridized carbons (Fsp3) is 0.500. The number of carbonyl (C=O) groups excluding carboxylic acids is 1. The minimum atomic E-state index is -3.44. The van der Waals surface area contributed by atoms with Crippen molar-refractivity contribution in [3.05, 3.63) is 16.0 Å². The lowest BCUT2D eigenvalue weighted by atomic mass is 9.74. The van der Waals surface area contributed by atoms with Crippen LogP contribution in [0.3, 0.4) is 0 Å². The molecule has 0 bridgehead atoms. The monoisotopic (exact) mass is 317 g/mol. The molecule has 7 heteroatoms. The van der Waals surface area contributed by atoms with Gasteiger partial charge in [0.15, 0.2) is 15.6 Å². The third-order valence-corrected chi connectivity index (χ3v) is 6.54. The zero-order chi connectivity index (χ0) is 14.6. The number of hydrogen-bond acceptors (Lipinski definition) is 5. The third-order valence-electron chi connectivity index (χ3n) is 3.11. The SMILES string of the molecule is CC1(C)CC(=O)c2c(S(C)(=O)=O)sc(C(N)=S)c2C1. The third kappa shape index (κ3) is 2.59. The van der Waals surface area contributed by atoms with Gasteiger partial charge in [0.05, 0.1) is 10.4 Å². The standard InChI is InChI=1S/C12H15NO3S3/c1-12(2)4-6-8(7(14)5-12)11(19(3,15)16)18-9(6)10(13)17/h4-5H2,1-3H3,(H2,13,17). The molecule has 0 spiro atoms. The van der Waals surface area contributed by atoms with Crippen molar-refractivity contribution < 1.29 is 13.2 Å². The average Bonchev–Trinajstić information content (AvgIpc) is 2.54. The van der Waals surface area contributed by atoms with Crippen molar-refractivity contribution in [1.82, 2.24) is 0 Å². The van der Waals surface area contributed by atoms with E-state index in [9.17, 15) is 13.2 Å². The molecule has 0 aromatic carbocycles. The lowest BCUT2D eigenvalue weighted by Crippen LogP contribution is -2.28. The van der Waals surface area contributed by atoms with Gasteiger partial charge in [-0.2, -0.15) is 0 Å². The normalized spacial score (nSPS) is 18.2. The molecule has 1 aromatic rings. The Bertz CT molecular complexity index is 683. The highest BCUT2D eigenvalue weighted by molar-refractivity contribution is 7.93. The Morgan fingerprint density at radius 2 is 1.95 bits per heavy atom. The van der Waals surface area contributed by atoms with Gasteiger partial charge in [-0.25, -0.2) is 8.42 Å². The van der Waals surface area contributed by atoms with Crippen LogP contribution in [0.15, 0.2) is 4.21 Å². The van der Waals surface area contributed by atoms with Gasteiger partial charge < -0.3 is 5.73 Å². The second-order valence-corrected chi connectivity index (χ2v) is 9.32. The topological polar surface area (TPSA) is 77.2 Å². The van der Waals surface area contributed by atoms with Crippen molar-refractivity contribution in [2.24, 2.45) is 11.1 Å².